The highest BCUT2D eigenvalue weighted by atomic mass is 19.4. The molecule has 0 spiro atoms. The summed E-state index contributed by atoms with van der Waals surface area (Å²) in [5.74, 6) is 0.255. The minimum Gasteiger partial charge on any atom is -0.480 e. The second kappa shape index (κ2) is 7.76. The maximum absolute atomic E-state index is 13.3. The average Bonchev–Trinajstić information content (AvgIpc) is 3.37. The average molecular weight is 450 g/mol. The number of fused-ring (bicyclic) bond motifs is 4. The number of H-pyrrole nitrogens is 1. The number of carboxylic acids is 1. The molecule has 2 unspecified atom stereocenters. The van der Waals surface area contributed by atoms with Crippen LogP contribution >= 0.6 is 0 Å². The van der Waals surface area contributed by atoms with Gasteiger partial charge in [0.15, 0.2) is 0 Å². The predicted molar refractivity (Wildman–Crippen MR) is 116 cm³/mol. The summed E-state index contributed by atoms with van der Waals surface area (Å²) < 4.78 is 39.9. The number of piperidine rings is 1. The highest BCUT2D eigenvalue weighted by Crippen LogP contribution is 2.47. The summed E-state index contributed by atoms with van der Waals surface area (Å²) in [5.41, 5.74) is 1.48. The molecule has 32 heavy (non-hydrogen) atoms. The fourth-order valence-corrected chi connectivity index (χ4v) is 6.38. The number of rotatable bonds is 4. The summed E-state index contributed by atoms with van der Waals surface area (Å²) in [5, 5.41) is 13.6. The van der Waals surface area contributed by atoms with Crippen LogP contribution in [0.15, 0.2) is 18.2 Å². The predicted octanol–water partition coefficient (Wildman–Crippen LogP) is 4.38. The van der Waals surface area contributed by atoms with Crippen molar-refractivity contribution in [3.05, 3.63) is 35.0 Å². The third-order valence-electron chi connectivity index (χ3n) is 8.21. The van der Waals surface area contributed by atoms with Crippen molar-refractivity contribution in [2.45, 2.75) is 56.7 Å². The summed E-state index contributed by atoms with van der Waals surface area (Å²) in [6.07, 6.45) is -0.313. The van der Waals surface area contributed by atoms with E-state index >= 15 is 0 Å². The number of alkyl halides is 3. The van der Waals surface area contributed by atoms with E-state index in [4.69, 9.17) is 0 Å². The van der Waals surface area contributed by atoms with Crippen molar-refractivity contribution in [2.24, 2.45) is 11.8 Å². The lowest BCUT2D eigenvalue weighted by atomic mass is 9.68. The first-order chi connectivity index (χ1) is 15.2. The first-order valence-electron chi connectivity index (χ1n) is 11.6. The van der Waals surface area contributed by atoms with Crippen LogP contribution in [0.3, 0.4) is 0 Å². The zero-order valence-electron chi connectivity index (χ0n) is 18.3. The van der Waals surface area contributed by atoms with Crippen LogP contribution < -0.4 is 5.32 Å². The van der Waals surface area contributed by atoms with Gasteiger partial charge in [-0.1, -0.05) is 6.92 Å². The van der Waals surface area contributed by atoms with Crippen molar-refractivity contribution in [3.8, 4) is 0 Å². The Balaban J connectivity index is 1.36. The molecule has 3 heterocycles. The highest BCUT2D eigenvalue weighted by Gasteiger charge is 2.43. The number of aliphatic carboxylic acids is 1. The smallest absolute Gasteiger partial charge is 0.416 e. The summed E-state index contributed by atoms with van der Waals surface area (Å²) >= 11 is 0. The topological polar surface area (TPSA) is 68.4 Å². The van der Waals surface area contributed by atoms with Gasteiger partial charge in [0.25, 0.3) is 0 Å². The number of benzene rings is 1. The Morgan fingerprint density at radius 1 is 1.34 bits per heavy atom. The maximum Gasteiger partial charge on any atom is 0.416 e. The van der Waals surface area contributed by atoms with Gasteiger partial charge in [0.05, 0.1) is 5.56 Å². The van der Waals surface area contributed by atoms with E-state index in [1.54, 1.807) is 6.07 Å². The van der Waals surface area contributed by atoms with Gasteiger partial charge in [-0.15, -0.1) is 0 Å². The summed E-state index contributed by atoms with van der Waals surface area (Å²) in [6.45, 7) is 5.43. The van der Waals surface area contributed by atoms with E-state index in [2.05, 4.69) is 22.1 Å². The Morgan fingerprint density at radius 3 is 2.84 bits per heavy atom. The van der Waals surface area contributed by atoms with Gasteiger partial charge in [-0.3, -0.25) is 4.79 Å². The number of carbonyl (C=O) groups is 1. The van der Waals surface area contributed by atoms with E-state index in [0.29, 0.717) is 30.1 Å². The summed E-state index contributed by atoms with van der Waals surface area (Å²) in [6, 6.07) is 4.00. The van der Waals surface area contributed by atoms with Crippen molar-refractivity contribution in [1.82, 2.24) is 15.2 Å². The van der Waals surface area contributed by atoms with Gasteiger partial charge in [0.2, 0.25) is 0 Å². The number of nitrogens with one attached hydrogen (secondary N) is 2. The molecule has 0 bridgehead atoms. The number of hydrogen-bond donors (Lipinski definition) is 3. The highest BCUT2D eigenvalue weighted by molar-refractivity contribution is 5.86. The fourth-order valence-electron chi connectivity index (χ4n) is 6.38. The summed E-state index contributed by atoms with van der Waals surface area (Å²) in [4.78, 5) is 17.6. The second-order valence-electron chi connectivity index (χ2n) is 9.95. The molecule has 1 aliphatic carbocycles. The molecule has 3 N–H and O–H groups in total. The summed E-state index contributed by atoms with van der Waals surface area (Å²) in [7, 11) is 0. The Labute approximate surface area is 185 Å². The minimum absolute atomic E-state index is 0.154. The van der Waals surface area contributed by atoms with Gasteiger partial charge in [0, 0.05) is 29.7 Å². The molecule has 0 amide bonds. The molecule has 174 valence electrons. The number of aromatic nitrogens is 1. The van der Waals surface area contributed by atoms with Crippen LogP contribution in [0, 0.1) is 11.8 Å². The molecule has 5 nitrogen and oxygen atoms in total. The largest absolute Gasteiger partial charge is 0.480 e. The number of nitrogens with zero attached hydrogens (tertiary/aromatic N) is 1. The van der Waals surface area contributed by atoms with Crippen molar-refractivity contribution in [1.29, 1.82) is 0 Å². The molecular weight excluding hydrogens is 419 g/mol. The molecule has 2 aromatic rings. The molecule has 2 aliphatic heterocycles. The van der Waals surface area contributed by atoms with E-state index in [9.17, 15) is 23.1 Å². The molecule has 0 radical (unpaired) electrons. The van der Waals surface area contributed by atoms with Crippen molar-refractivity contribution >= 4 is 16.9 Å². The van der Waals surface area contributed by atoms with Gasteiger partial charge >= 0.3 is 12.1 Å². The van der Waals surface area contributed by atoms with E-state index in [-0.39, 0.29) is 5.92 Å². The Morgan fingerprint density at radius 2 is 2.16 bits per heavy atom. The van der Waals surface area contributed by atoms with Crippen molar-refractivity contribution in [2.75, 3.05) is 26.2 Å². The number of carboxylic acid groups (broad SMARTS) is 1. The Kier molecular flexibility index (Phi) is 5.28. The number of aromatic amines is 1. The molecule has 1 aromatic heterocycles. The fraction of sp³-hybridized carbons (Fsp3) is 0.625. The van der Waals surface area contributed by atoms with Crippen LogP contribution in [0.1, 0.15) is 55.3 Å². The quantitative estimate of drug-likeness (QED) is 0.648. The molecule has 4 atom stereocenters. The maximum atomic E-state index is 13.3. The second-order valence-corrected chi connectivity index (χ2v) is 9.95. The van der Waals surface area contributed by atoms with Gasteiger partial charge in [0.1, 0.15) is 5.54 Å². The van der Waals surface area contributed by atoms with Crippen LogP contribution in [0.25, 0.3) is 10.9 Å². The standard InChI is InChI=1S/C24H30F3N3O2/c1-14-18-13-30(10-7-23(22(31)32)6-2-8-28-23)9-5-15(18)11-20-21(14)17-12-16(24(25,26)27)3-4-19(17)29-20/h3-4,12,14-15,18,28-29H,2,5-11,13H2,1H3,(H,31,32)/t14-,15-,18?,23?/m1/s1. The van der Waals surface area contributed by atoms with Gasteiger partial charge < -0.3 is 20.3 Å². The monoisotopic (exact) mass is 449 g/mol. The Bertz CT molecular complexity index is 1030. The first kappa shape index (κ1) is 21.8. The molecule has 8 heteroatoms. The van der Waals surface area contributed by atoms with Crippen LogP contribution in [-0.4, -0.2) is 52.7 Å². The third kappa shape index (κ3) is 3.61. The van der Waals surface area contributed by atoms with E-state index in [1.165, 1.54) is 6.07 Å². The SMILES string of the molecule is C[C@H]1c2c([nH]c3ccc(C(F)(F)F)cc23)C[C@H]2CCN(CCC3(C(=O)O)CCCN3)CC21. The molecule has 2 fully saturated rings. The lowest BCUT2D eigenvalue weighted by Gasteiger charge is -2.45. The molecule has 1 aromatic carbocycles. The van der Waals surface area contributed by atoms with E-state index in [0.717, 1.165) is 68.3 Å². The molecular formula is C24H30F3N3O2. The first-order valence-corrected chi connectivity index (χ1v) is 11.6. The molecule has 2 saturated heterocycles. The van der Waals surface area contributed by atoms with Crippen LogP contribution in [0.5, 0.6) is 0 Å². The van der Waals surface area contributed by atoms with Gasteiger partial charge in [-0.25, -0.2) is 0 Å². The van der Waals surface area contributed by atoms with Gasteiger partial charge in [-0.05, 0) is 86.7 Å². The van der Waals surface area contributed by atoms with Gasteiger partial charge in [-0.2, -0.15) is 13.2 Å². The van der Waals surface area contributed by atoms with E-state index in [1.807, 2.05) is 0 Å². The van der Waals surface area contributed by atoms with Crippen LogP contribution in [0.2, 0.25) is 0 Å². The van der Waals surface area contributed by atoms with E-state index < -0.39 is 23.2 Å². The Hall–Kier alpha value is -2.06. The molecule has 3 aliphatic rings. The minimum atomic E-state index is -4.35. The lowest BCUT2D eigenvalue weighted by molar-refractivity contribution is -0.144. The zero-order valence-corrected chi connectivity index (χ0v) is 18.3. The molecule has 0 saturated carbocycles. The number of halogens is 3. The van der Waals surface area contributed by atoms with Crippen LogP contribution in [0.4, 0.5) is 13.2 Å². The molecule has 5 rings (SSSR count). The number of hydrogen-bond acceptors (Lipinski definition) is 3. The lowest BCUT2D eigenvalue weighted by Crippen LogP contribution is -2.51. The van der Waals surface area contributed by atoms with Crippen molar-refractivity contribution < 1.29 is 23.1 Å². The normalized spacial score (nSPS) is 30.9. The zero-order chi connectivity index (χ0) is 22.7. The number of likely N-dealkylation sites (tertiary alicyclic amines) is 1. The van der Waals surface area contributed by atoms with Crippen molar-refractivity contribution in [3.63, 3.8) is 0 Å². The third-order valence-corrected chi connectivity index (χ3v) is 8.21. The van der Waals surface area contributed by atoms with Crippen LogP contribution in [-0.2, 0) is 17.4 Å².